The second kappa shape index (κ2) is 14.8. The second-order valence-electron chi connectivity index (χ2n) is 11.8. The Morgan fingerprint density at radius 2 is 1.48 bits per heavy atom. The molecule has 0 radical (unpaired) electrons. The highest BCUT2D eigenvalue weighted by Crippen LogP contribution is 2.27. The normalized spacial score (nSPS) is 12.2. The summed E-state index contributed by atoms with van der Waals surface area (Å²) in [5, 5.41) is 3.36. The minimum absolute atomic E-state index is 0.0626. The number of benzene rings is 4. The Balaban J connectivity index is 1.81. The highest BCUT2D eigenvalue weighted by Gasteiger charge is 2.35. The third-order valence-electron chi connectivity index (χ3n) is 7.08. The van der Waals surface area contributed by atoms with Crippen LogP contribution in [0.5, 0.6) is 5.75 Å². The van der Waals surface area contributed by atoms with E-state index in [-0.39, 0.29) is 23.5 Å². The second-order valence-corrected chi connectivity index (χ2v) is 14.1. The maximum absolute atomic E-state index is 14.5. The van der Waals surface area contributed by atoms with E-state index in [1.165, 1.54) is 84.8 Å². The van der Waals surface area contributed by atoms with Gasteiger partial charge in [0, 0.05) is 23.5 Å². The van der Waals surface area contributed by atoms with Gasteiger partial charge in [-0.1, -0.05) is 54.1 Å². The van der Waals surface area contributed by atoms with Gasteiger partial charge in [-0.15, -0.1) is 0 Å². The van der Waals surface area contributed by atoms with Crippen molar-refractivity contribution in [3.05, 3.63) is 125 Å². The zero-order chi connectivity index (χ0) is 33.5. The van der Waals surface area contributed by atoms with Gasteiger partial charge in [0.25, 0.3) is 10.0 Å². The fourth-order valence-electron chi connectivity index (χ4n) is 4.80. The minimum Gasteiger partial charge on any atom is -0.497 e. The van der Waals surface area contributed by atoms with Crippen LogP contribution in [-0.2, 0) is 32.6 Å². The average molecular weight is 666 g/mol. The van der Waals surface area contributed by atoms with Gasteiger partial charge in [-0.05, 0) is 92.6 Å². The molecule has 0 fully saturated rings. The van der Waals surface area contributed by atoms with Crippen molar-refractivity contribution in [3.63, 3.8) is 0 Å². The molecular weight excluding hydrogens is 629 g/mol. The maximum atomic E-state index is 14.5. The molecule has 0 saturated heterocycles. The molecule has 4 aromatic rings. The standard InChI is InChI=1S/C35H37ClFN3O5S/c1-35(2,3)38-34(42)32(22-25-8-6-5-7-9-25)39(23-26-10-14-28(37)15-11-26)33(41)24-40(29-16-12-27(36)13-17-29)46(43,44)31-20-18-30(45-4)19-21-31/h5-21,32H,22-24H2,1-4H3,(H,38,42)/t32-/m0/s1. The van der Waals surface area contributed by atoms with E-state index in [0.717, 1.165) is 9.87 Å². The number of nitrogens with zero attached hydrogens (tertiary/aromatic N) is 2. The molecule has 0 spiro atoms. The Labute approximate surface area is 274 Å². The molecule has 46 heavy (non-hydrogen) atoms. The van der Waals surface area contributed by atoms with Crippen molar-refractivity contribution in [2.24, 2.45) is 0 Å². The lowest BCUT2D eigenvalue weighted by Gasteiger charge is -2.35. The first-order valence-corrected chi connectivity index (χ1v) is 16.4. The number of carbonyl (C=O) groups excluding carboxylic acids is 2. The molecule has 0 aliphatic carbocycles. The molecule has 0 unspecified atom stereocenters. The summed E-state index contributed by atoms with van der Waals surface area (Å²) in [6.45, 7) is 4.79. The molecule has 8 nitrogen and oxygen atoms in total. The van der Waals surface area contributed by atoms with Crippen molar-refractivity contribution in [2.75, 3.05) is 18.0 Å². The third kappa shape index (κ3) is 9.08. The van der Waals surface area contributed by atoms with Crippen LogP contribution in [0.3, 0.4) is 0 Å². The van der Waals surface area contributed by atoms with Gasteiger partial charge >= 0.3 is 0 Å². The number of halogens is 2. The molecular formula is C35H37ClFN3O5S. The van der Waals surface area contributed by atoms with E-state index < -0.39 is 45.8 Å². The third-order valence-corrected chi connectivity index (χ3v) is 9.12. The van der Waals surface area contributed by atoms with Crippen molar-refractivity contribution in [1.82, 2.24) is 10.2 Å². The highest BCUT2D eigenvalue weighted by atomic mass is 35.5. The lowest BCUT2D eigenvalue weighted by molar-refractivity contribution is -0.140. The van der Waals surface area contributed by atoms with Crippen LogP contribution in [0.25, 0.3) is 0 Å². The first-order chi connectivity index (χ1) is 21.8. The summed E-state index contributed by atoms with van der Waals surface area (Å²) >= 11 is 6.12. The van der Waals surface area contributed by atoms with E-state index in [2.05, 4.69) is 5.32 Å². The van der Waals surface area contributed by atoms with Crippen LogP contribution >= 0.6 is 11.6 Å². The average Bonchev–Trinajstić information content (AvgIpc) is 3.02. The number of hydrogen-bond acceptors (Lipinski definition) is 5. The van der Waals surface area contributed by atoms with Gasteiger partial charge < -0.3 is 15.0 Å². The lowest BCUT2D eigenvalue weighted by atomic mass is 10.0. The van der Waals surface area contributed by atoms with Gasteiger partial charge in [-0.25, -0.2) is 12.8 Å². The molecule has 1 N–H and O–H groups in total. The fraction of sp³-hybridized carbons (Fsp3) is 0.257. The molecule has 0 aliphatic rings. The summed E-state index contributed by atoms with van der Waals surface area (Å²) in [6.07, 6.45) is 0.155. The van der Waals surface area contributed by atoms with Crippen molar-refractivity contribution in [2.45, 2.75) is 50.2 Å². The maximum Gasteiger partial charge on any atom is 0.264 e. The molecule has 242 valence electrons. The number of amides is 2. The van der Waals surface area contributed by atoms with E-state index >= 15 is 0 Å². The summed E-state index contributed by atoms with van der Waals surface area (Å²) < 4.78 is 48.2. The van der Waals surface area contributed by atoms with Crippen LogP contribution < -0.4 is 14.4 Å². The van der Waals surface area contributed by atoms with Crippen molar-refractivity contribution >= 4 is 39.1 Å². The molecule has 0 bridgehead atoms. The zero-order valence-electron chi connectivity index (χ0n) is 26.1. The van der Waals surface area contributed by atoms with E-state index in [0.29, 0.717) is 16.3 Å². The van der Waals surface area contributed by atoms with Gasteiger partial charge in [0.1, 0.15) is 24.2 Å². The Kier molecular flexibility index (Phi) is 11.1. The molecule has 0 aliphatic heterocycles. The minimum atomic E-state index is -4.30. The summed E-state index contributed by atoms with van der Waals surface area (Å²) in [6, 6.07) is 25.7. The quantitative estimate of drug-likeness (QED) is 0.193. The summed E-state index contributed by atoms with van der Waals surface area (Å²) in [7, 11) is -2.82. The van der Waals surface area contributed by atoms with Crippen LogP contribution in [0.2, 0.25) is 5.02 Å². The molecule has 0 heterocycles. The number of methoxy groups -OCH3 is 1. The highest BCUT2D eigenvalue weighted by molar-refractivity contribution is 7.92. The van der Waals surface area contributed by atoms with Crippen molar-refractivity contribution in [3.8, 4) is 5.75 Å². The van der Waals surface area contributed by atoms with Crippen molar-refractivity contribution < 1.29 is 27.1 Å². The first-order valence-electron chi connectivity index (χ1n) is 14.6. The van der Waals surface area contributed by atoms with Gasteiger partial charge in [-0.2, -0.15) is 0 Å². The predicted octanol–water partition coefficient (Wildman–Crippen LogP) is 6.24. The molecule has 4 aromatic carbocycles. The zero-order valence-corrected chi connectivity index (χ0v) is 27.7. The predicted molar refractivity (Wildman–Crippen MR) is 178 cm³/mol. The van der Waals surface area contributed by atoms with Crippen LogP contribution in [0.4, 0.5) is 10.1 Å². The van der Waals surface area contributed by atoms with Crippen molar-refractivity contribution in [1.29, 1.82) is 0 Å². The lowest BCUT2D eigenvalue weighted by Crippen LogP contribution is -2.56. The molecule has 2 amide bonds. The topological polar surface area (TPSA) is 96.0 Å². The smallest absolute Gasteiger partial charge is 0.264 e. The summed E-state index contributed by atoms with van der Waals surface area (Å²) in [5.41, 5.74) is 0.944. The monoisotopic (exact) mass is 665 g/mol. The summed E-state index contributed by atoms with van der Waals surface area (Å²) in [5.74, 6) is -1.04. The van der Waals surface area contributed by atoms with Crippen LogP contribution in [0.1, 0.15) is 31.9 Å². The Hall–Kier alpha value is -4.41. The Bertz CT molecular complexity index is 1730. The molecule has 1 atom stereocenters. The van der Waals surface area contributed by atoms with E-state index in [9.17, 15) is 22.4 Å². The van der Waals surface area contributed by atoms with Gasteiger partial charge in [0.2, 0.25) is 11.8 Å². The Morgan fingerprint density at radius 3 is 2.04 bits per heavy atom. The molecule has 4 rings (SSSR count). The van der Waals surface area contributed by atoms with Gasteiger partial charge in [0.15, 0.2) is 0 Å². The number of hydrogen-bond donors (Lipinski definition) is 1. The van der Waals surface area contributed by atoms with Gasteiger partial charge in [-0.3, -0.25) is 13.9 Å². The van der Waals surface area contributed by atoms with E-state index in [1.54, 1.807) is 0 Å². The van der Waals surface area contributed by atoms with E-state index in [4.69, 9.17) is 16.3 Å². The van der Waals surface area contributed by atoms with Crippen LogP contribution in [-0.4, -0.2) is 50.4 Å². The summed E-state index contributed by atoms with van der Waals surface area (Å²) in [4.78, 5) is 29.7. The van der Waals surface area contributed by atoms with Crippen LogP contribution in [0.15, 0.2) is 108 Å². The molecule has 0 aromatic heterocycles. The SMILES string of the molecule is COc1ccc(S(=O)(=O)N(CC(=O)N(Cc2ccc(F)cc2)[C@@H](Cc2ccccc2)C(=O)NC(C)(C)C)c2ccc(Cl)cc2)cc1. The largest absolute Gasteiger partial charge is 0.497 e. The number of ether oxygens (including phenoxy) is 1. The Morgan fingerprint density at radius 1 is 0.870 bits per heavy atom. The van der Waals surface area contributed by atoms with Crippen LogP contribution in [0, 0.1) is 5.82 Å². The fourth-order valence-corrected chi connectivity index (χ4v) is 6.34. The number of rotatable bonds is 12. The number of nitrogens with one attached hydrogen (secondary N) is 1. The first kappa shape index (κ1) is 34.5. The van der Waals surface area contributed by atoms with Gasteiger partial charge in [0.05, 0.1) is 17.7 Å². The number of sulfonamides is 1. The van der Waals surface area contributed by atoms with E-state index in [1.807, 2.05) is 51.1 Å². The molecule has 0 saturated carbocycles. The molecule has 11 heteroatoms. The number of carbonyl (C=O) groups is 2. The number of anilines is 1.